The minimum atomic E-state index is -0.0938. The van der Waals surface area contributed by atoms with Crippen LogP contribution in [0.4, 0.5) is 5.69 Å². The number of benzene rings is 2. The summed E-state index contributed by atoms with van der Waals surface area (Å²) in [6.45, 7) is 5.17. The number of hydrogen-bond acceptors (Lipinski definition) is 6. The van der Waals surface area contributed by atoms with Crippen LogP contribution >= 0.6 is 11.8 Å². The Kier molecular flexibility index (Phi) is 7.41. The second-order valence-corrected chi connectivity index (χ2v) is 7.70. The van der Waals surface area contributed by atoms with E-state index in [1.165, 1.54) is 11.8 Å². The summed E-state index contributed by atoms with van der Waals surface area (Å²) in [5.41, 5.74) is 1.44. The number of amidine groups is 1. The SMILES string of the molecule is CCCCOc1ccc(/C=C2\SC(=Nc3cccc(O)c3)N(CC)C2=O)cc1OC. The van der Waals surface area contributed by atoms with Gasteiger partial charge in [-0.1, -0.05) is 25.5 Å². The third kappa shape index (κ3) is 5.16. The fraction of sp³-hybridized carbons (Fsp3) is 0.304. The summed E-state index contributed by atoms with van der Waals surface area (Å²) < 4.78 is 11.2. The third-order valence-electron chi connectivity index (χ3n) is 4.50. The van der Waals surface area contributed by atoms with Crippen molar-refractivity contribution in [2.24, 2.45) is 4.99 Å². The van der Waals surface area contributed by atoms with Crippen LogP contribution in [0.15, 0.2) is 52.4 Å². The molecular weight excluding hydrogens is 400 g/mol. The molecule has 1 N–H and O–H groups in total. The first-order valence-corrected chi connectivity index (χ1v) is 10.8. The fourth-order valence-corrected chi connectivity index (χ4v) is 3.98. The zero-order chi connectivity index (χ0) is 21.5. The number of unbranched alkanes of at least 4 members (excludes halogenated alkanes) is 1. The Labute approximate surface area is 181 Å². The van der Waals surface area contributed by atoms with Crippen LogP contribution in [0.5, 0.6) is 17.2 Å². The molecule has 0 radical (unpaired) electrons. The summed E-state index contributed by atoms with van der Waals surface area (Å²) in [6, 6.07) is 12.3. The number of methoxy groups -OCH3 is 1. The molecule has 0 unspecified atom stereocenters. The third-order valence-corrected chi connectivity index (χ3v) is 5.51. The quantitative estimate of drug-likeness (QED) is 0.464. The monoisotopic (exact) mass is 426 g/mol. The first-order valence-electron chi connectivity index (χ1n) is 9.95. The molecule has 2 aromatic carbocycles. The van der Waals surface area contributed by atoms with Gasteiger partial charge in [-0.05, 0) is 61.0 Å². The second kappa shape index (κ2) is 10.2. The largest absolute Gasteiger partial charge is 0.508 e. The molecule has 1 heterocycles. The Hall–Kier alpha value is -2.93. The van der Waals surface area contributed by atoms with E-state index in [1.54, 1.807) is 36.3 Å². The number of phenols is 1. The van der Waals surface area contributed by atoms with Crippen molar-refractivity contribution < 1.29 is 19.4 Å². The Morgan fingerprint density at radius 2 is 2.00 bits per heavy atom. The summed E-state index contributed by atoms with van der Waals surface area (Å²) >= 11 is 1.32. The summed E-state index contributed by atoms with van der Waals surface area (Å²) in [5.74, 6) is 1.37. The van der Waals surface area contributed by atoms with Crippen molar-refractivity contribution >= 4 is 34.6 Å². The van der Waals surface area contributed by atoms with Crippen LogP contribution in [0.3, 0.4) is 0 Å². The highest BCUT2D eigenvalue weighted by Gasteiger charge is 2.32. The Morgan fingerprint density at radius 1 is 1.17 bits per heavy atom. The Morgan fingerprint density at radius 3 is 2.70 bits per heavy atom. The van der Waals surface area contributed by atoms with Gasteiger partial charge in [0.1, 0.15) is 5.75 Å². The van der Waals surface area contributed by atoms with Gasteiger partial charge < -0.3 is 14.6 Å². The lowest BCUT2D eigenvalue weighted by Crippen LogP contribution is -2.28. The summed E-state index contributed by atoms with van der Waals surface area (Å²) in [5, 5.41) is 10.2. The van der Waals surface area contributed by atoms with E-state index >= 15 is 0 Å². The minimum Gasteiger partial charge on any atom is -0.508 e. The van der Waals surface area contributed by atoms with Gasteiger partial charge in [0.2, 0.25) is 0 Å². The zero-order valence-electron chi connectivity index (χ0n) is 17.4. The van der Waals surface area contributed by atoms with Gasteiger partial charge in [0.15, 0.2) is 16.7 Å². The molecule has 6 nitrogen and oxygen atoms in total. The van der Waals surface area contributed by atoms with E-state index in [4.69, 9.17) is 9.47 Å². The molecule has 2 aromatic rings. The van der Waals surface area contributed by atoms with Crippen molar-refractivity contribution in [2.45, 2.75) is 26.7 Å². The molecule has 1 aliphatic rings. The van der Waals surface area contributed by atoms with Gasteiger partial charge in [0, 0.05) is 12.6 Å². The van der Waals surface area contributed by atoms with Gasteiger partial charge in [-0.2, -0.15) is 0 Å². The lowest BCUT2D eigenvalue weighted by atomic mass is 10.2. The van der Waals surface area contributed by atoms with Crippen LogP contribution in [0, 0.1) is 0 Å². The first-order chi connectivity index (χ1) is 14.5. The van der Waals surface area contributed by atoms with Crippen LogP contribution < -0.4 is 9.47 Å². The summed E-state index contributed by atoms with van der Waals surface area (Å²) in [7, 11) is 1.60. The second-order valence-electron chi connectivity index (χ2n) is 6.69. The van der Waals surface area contributed by atoms with Crippen LogP contribution in [-0.4, -0.2) is 41.3 Å². The van der Waals surface area contributed by atoms with Crippen molar-refractivity contribution in [1.29, 1.82) is 0 Å². The molecule has 0 spiro atoms. The van der Waals surface area contributed by atoms with Gasteiger partial charge in [-0.15, -0.1) is 0 Å². The molecular formula is C23H26N2O4S. The van der Waals surface area contributed by atoms with Crippen molar-refractivity contribution in [1.82, 2.24) is 4.90 Å². The predicted molar refractivity (Wildman–Crippen MR) is 122 cm³/mol. The number of hydrogen-bond donors (Lipinski definition) is 1. The van der Waals surface area contributed by atoms with Crippen LogP contribution in [0.1, 0.15) is 32.3 Å². The number of amides is 1. The smallest absolute Gasteiger partial charge is 0.266 e. The van der Waals surface area contributed by atoms with Crippen molar-refractivity contribution in [3.63, 3.8) is 0 Å². The van der Waals surface area contributed by atoms with E-state index in [2.05, 4.69) is 11.9 Å². The number of likely N-dealkylation sites (N-methyl/N-ethyl adjacent to an activating group) is 1. The molecule has 0 saturated carbocycles. The number of aromatic hydroxyl groups is 1. The van der Waals surface area contributed by atoms with Crippen molar-refractivity contribution in [3.05, 3.63) is 52.9 Å². The standard InChI is InChI=1S/C23H26N2O4S/c1-4-6-12-29-19-11-10-16(13-20(19)28-3)14-21-22(27)25(5-2)23(30-21)24-17-8-7-9-18(26)15-17/h7-11,13-15,26H,4-6,12H2,1-3H3/b21-14-,24-23?. The van der Waals surface area contributed by atoms with E-state index in [1.807, 2.05) is 31.2 Å². The highest BCUT2D eigenvalue weighted by Crippen LogP contribution is 2.36. The van der Waals surface area contributed by atoms with Crippen LogP contribution in [0.25, 0.3) is 6.08 Å². The van der Waals surface area contributed by atoms with E-state index < -0.39 is 0 Å². The molecule has 0 bridgehead atoms. The Bertz CT molecular complexity index is 971. The number of carbonyl (C=O) groups excluding carboxylic acids is 1. The van der Waals surface area contributed by atoms with Gasteiger partial charge >= 0.3 is 0 Å². The molecule has 3 rings (SSSR count). The summed E-state index contributed by atoms with van der Waals surface area (Å²) in [4.78, 5) is 19.6. The van der Waals surface area contributed by atoms with Crippen LogP contribution in [-0.2, 0) is 4.79 Å². The summed E-state index contributed by atoms with van der Waals surface area (Å²) in [6.07, 6.45) is 3.87. The van der Waals surface area contributed by atoms with E-state index in [0.29, 0.717) is 40.4 Å². The molecule has 1 fully saturated rings. The number of nitrogens with zero attached hydrogens (tertiary/aromatic N) is 2. The minimum absolute atomic E-state index is 0.0938. The number of carbonyl (C=O) groups is 1. The van der Waals surface area contributed by atoms with E-state index in [9.17, 15) is 9.90 Å². The highest BCUT2D eigenvalue weighted by atomic mass is 32.2. The van der Waals surface area contributed by atoms with Crippen molar-refractivity contribution in [3.8, 4) is 17.2 Å². The molecule has 1 amide bonds. The number of phenolic OH excluding ortho intramolecular Hbond substituents is 1. The molecule has 0 aromatic heterocycles. The molecule has 1 aliphatic heterocycles. The number of aliphatic imine (C=N–C) groups is 1. The fourth-order valence-electron chi connectivity index (χ4n) is 2.91. The zero-order valence-corrected chi connectivity index (χ0v) is 18.2. The van der Waals surface area contributed by atoms with Gasteiger partial charge in [-0.3, -0.25) is 9.69 Å². The van der Waals surface area contributed by atoms with E-state index in [0.717, 1.165) is 18.4 Å². The van der Waals surface area contributed by atoms with Crippen LogP contribution in [0.2, 0.25) is 0 Å². The lowest BCUT2D eigenvalue weighted by Gasteiger charge is -2.12. The Balaban J connectivity index is 1.85. The first kappa shape index (κ1) is 21.8. The maximum atomic E-state index is 12.9. The number of ether oxygens (including phenoxy) is 2. The number of rotatable bonds is 8. The normalized spacial score (nSPS) is 16.5. The highest BCUT2D eigenvalue weighted by molar-refractivity contribution is 8.18. The molecule has 1 saturated heterocycles. The molecule has 0 atom stereocenters. The molecule has 30 heavy (non-hydrogen) atoms. The maximum Gasteiger partial charge on any atom is 0.266 e. The predicted octanol–water partition coefficient (Wildman–Crippen LogP) is 5.20. The molecule has 158 valence electrons. The average Bonchev–Trinajstić information content (AvgIpc) is 3.03. The molecule has 7 heteroatoms. The molecule has 0 aliphatic carbocycles. The average molecular weight is 427 g/mol. The van der Waals surface area contributed by atoms with Gasteiger partial charge in [0.05, 0.1) is 24.3 Å². The lowest BCUT2D eigenvalue weighted by molar-refractivity contribution is -0.122. The van der Waals surface area contributed by atoms with Crippen molar-refractivity contribution in [2.75, 3.05) is 20.3 Å². The van der Waals surface area contributed by atoms with E-state index in [-0.39, 0.29) is 11.7 Å². The van der Waals surface area contributed by atoms with Gasteiger partial charge in [-0.25, -0.2) is 4.99 Å². The topological polar surface area (TPSA) is 71.4 Å². The number of thioether (sulfide) groups is 1. The maximum absolute atomic E-state index is 12.9. The van der Waals surface area contributed by atoms with Gasteiger partial charge in [0.25, 0.3) is 5.91 Å².